The standard InChI is InChI=1S/C18H20FIN2O3S/c1-4-22(5-2)26(24,25)14-7-8-16(19)15(11-14)18(23)21-17-9-6-13(20)10-12(17)3/h6-11H,4-5H2,1-3H3,(H,21,23). The van der Waals surface area contributed by atoms with Crippen LogP contribution in [-0.4, -0.2) is 31.7 Å². The highest BCUT2D eigenvalue weighted by molar-refractivity contribution is 14.1. The van der Waals surface area contributed by atoms with E-state index >= 15 is 0 Å². The minimum absolute atomic E-state index is 0.105. The van der Waals surface area contributed by atoms with Crippen LogP contribution in [0.15, 0.2) is 41.3 Å². The molecule has 0 atom stereocenters. The lowest BCUT2D eigenvalue weighted by atomic mass is 10.1. The van der Waals surface area contributed by atoms with E-state index in [0.29, 0.717) is 18.8 Å². The van der Waals surface area contributed by atoms with E-state index in [1.165, 1.54) is 10.4 Å². The smallest absolute Gasteiger partial charge is 0.258 e. The van der Waals surface area contributed by atoms with Gasteiger partial charge in [0.25, 0.3) is 5.91 Å². The van der Waals surface area contributed by atoms with Crippen LogP contribution in [0, 0.1) is 16.3 Å². The van der Waals surface area contributed by atoms with E-state index in [1.54, 1.807) is 19.9 Å². The zero-order chi connectivity index (χ0) is 19.5. The van der Waals surface area contributed by atoms with Crippen LogP contribution in [0.5, 0.6) is 0 Å². The van der Waals surface area contributed by atoms with Crippen LogP contribution in [-0.2, 0) is 10.0 Å². The Kier molecular flexibility index (Phi) is 6.75. The van der Waals surface area contributed by atoms with Gasteiger partial charge in [0.05, 0.1) is 10.5 Å². The molecule has 2 rings (SSSR count). The lowest BCUT2D eigenvalue weighted by molar-refractivity contribution is 0.102. The maximum absolute atomic E-state index is 14.2. The maximum atomic E-state index is 14.2. The molecule has 0 heterocycles. The number of aryl methyl sites for hydroxylation is 1. The Balaban J connectivity index is 2.39. The molecule has 0 aliphatic carbocycles. The van der Waals surface area contributed by atoms with E-state index in [-0.39, 0.29) is 10.5 Å². The number of carbonyl (C=O) groups excluding carboxylic acids is 1. The van der Waals surface area contributed by atoms with Crippen LogP contribution >= 0.6 is 22.6 Å². The molecule has 0 saturated heterocycles. The summed E-state index contributed by atoms with van der Waals surface area (Å²) >= 11 is 2.15. The molecule has 0 bridgehead atoms. The van der Waals surface area contributed by atoms with Crippen LogP contribution in [0.25, 0.3) is 0 Å². The Morgan fingerprint density at radius 1 is 1.15 bits per heavy atom. The van der Waals surface area contributed by atoms with Crippen molar-refractivity contribution in [2.45, 2.75) is 25.7 Å². The van der Waals surface area contributed by atoms with Crippen LogP contribution in [0.4, 0.5) is 10.1 Å². The maximum Gasteiger partial charge on any atom is 0.258 e. The molecular weight excluding hydrogens is 470 g/mol. The van der Waals surface area contributed by atoms with Gasteiger partial charge in [-0.1, -0.05) is 13.8 Å². The van der Waals surface area contributed by atoms with Gasteiger partial charge in [-0.2, -0.15) is 4.31 Å². The monoisotopic (exact) mass is 490 g/mol. The fraction of sp³-hybridized carbons (Fsp3) is 0.278. The van der Waals surface area contributed by atoms with Crippen LogP contribution in [0.1, 0.15) is 29.8 Å². The molecule has 26 heavy (non-hydrogen) atoms. The highest BCUT2D eigenvalue weighted by Gasteiger charge is 2.24. The molecular formula is C18H20FIN2O3S. The first-order valence-corrected chi connectivity index (χ1v) is 10.6. The summed E-state index contributed by atoms with van der Waals surface area (Å²) in [6.07, 6.45) is 0. The first-order chi connectivity index (χ1) is 12.2. The number of carbonyl (C=O) groups is 1. The summed E-state index contributed by atoms with van der Waals surface area (Å²) in [5.74, 6) is -1.47. The Morgan fingerprint density at radius 2 is 1.81 bits per heavy atom. The number of anilines is 1. The number of rotatable bonds is 6. The third-order valence-corrected chi connectivity index (χ3v) is 6.68. The average Bonchev–Trinajstić information content (AvgIpc) is 2.58. The van der Waals surface area contributed by atoms with E-state index in [1.807, 2.05) is 19.1 Å². The number of sulfonamides is 1. The molecule has 8 heteroatoms. The van der Waals surface area contributed by atoms with Gasteiger partial charge in [-0.3, -0.25) is 4.79 Å². The van der Waals surface area contributed by atoms with Gasteiger partial charge in [0.2, 0.25) is 10.0 Å². The van der Waals surface area contributed by atoms with Gasteiger partial charge in [0.15, 0.2) is 0 Å². The van der Waals surface area contributed by atoms with Gasteiger partial charge in [-0.25, -0.2) is 12.8 Å². The molecule has 1 amide bonds. The number of hydrogen-bond donors (Lipinski definition) is 1. The quantitative estimate of drug-likeness (QED) is 0.623. The summed E-state index contributed by atoms with van der Waals surface area (Å²) in [6.45, 7) is 5.85. The van der Waals surface area contributed by atoms with Crippen molar-refractivity contribution in [3.8, 4) is 0 Å². The van der Waals surface area contributed by atoms with Crippen LogP contribution in [0.2, 0.25) is 0 Å². The summed E-state index contributed by atoms with van der Waals surface area (Å²) in [4.78, 5) is 12.4. The zero-order valence-corrected chi connectivity index (χ0v) is 17.7. The van der Waals surface area contributed by atoms with Gasteiger partial charge in [-0.15, -0.1) is 0 Å². The molecule has 0 radical (unpaired) electrons. The summed E-state index contributed by atoms with van der Waals surface area (Å²) in [7, 11) is -3.77. The predicted octanol–water partition coefficient (Wildman–Crippen LogP) is 4.02. The first-order valence-electron chi connectivity index (χ1n) is 8.07. The molecule has 140 valence electrons. The number of nitrogens with one attached hydrogen (secondary N) is 1. The second kappa shape index (κ2) is 8.45. The van der Waals surface area contributed by atoms with E-state index in [9.17, 15) is 17.6 Å². The average molecular weight is 490 g/mol. The van der Waals surface area contributed by atoms with E-state index in [2.05, 4.69) is 27.9 Å². The molecule has 2 aromatic carbocycles. The van der Waals surface area contributed by atoms with Gasteiger partial charge < -0.3 is 5.32 Å². The molecule has 0 aromatic heterocycles. The Hall–Kier alpha value is -1.52. The second-order valence-electron chi connectivity index (χ2n) is 5.64. The summed E-state index contributed by atoms with van der Waals surface area (Å²) < 4.78 is 41.6. The van der Waals surface area contributed by atoms with Crippen molar-refractivity contribution in [1.82, 2.24) is 4.31 Å². The van der Waals surface area contributed by atoms with Crippen molar-refractivity contribution in [1.29, 1.82) is 0 Å². The van der Waals surface area contributed by atoms with Gasteiger partial charge in [0, 0.05) is 22.3 Å². The minimum Gasteiger partial charge on any atom is -0.322 e. The van der Waals surface area contributed by atoms with Gasteiger partial charge in [0.1, 0.15) is 5.82 Å². The van der Waals surface area contributed by atoms with Crippen molar-refractivity contribution >= 4 is 44.2 Å². The first kappa shape index (κ1) is 20.8. The van der Waals surface area contributed by atoms with Crippen molar-refractivity contribution in [3.63, 3.8) is 0 Å². The Bertz CT molecular complexity index is 928. The molecule has 0 spiro atoms. The van der Waals surface area contributed by atoms with Gasteiger partial charge >= 0.3 is 0 Å². The molecule has 0 fully saturated rings. The lowest BCUT2D eigenvalue weighted by Gasteiger charge is -2.19. The number of nitrogens with zero attached hydrogens (tertiary/aromatic N) is 1. The SMILES string of the molecule is CCN(CC)S(=O)(=O)c1ccc(F)c(C(=O)Nc2ccc(I)cc2C)c1. The second-order valence-corrected chi connectivity index (χ2v) is 8.83. The third-order valence-electron chi connectivity index (χ3n) is 3.96. The third kappa shape index (κ3) is 4.41. The molecule has 0 aliphatic rings. The van der Waals surface area contributed by atoms with Crippen molar-refractivity contribution in [2.24, 2.45) is 0 Å². The zero-order valence-electron chi connectivity index (χ0n) is 14.7. The fourth-order valence-electron chi connectivity index (χ4n) is 2.51. The van der Waals surface area contributed by atoms with E-state index in [0.717, 1.165) is 21.3 Å². The van der Waals surface area contributed by atoms with Crippen molar-refractivity contribution < 1.29 is 17.6 Å². The van der Waals surface area contributed by atoms with Crippen molar-refractivity contribution in [3.05, 3.63) is 56.9 Å². The Morgan fingerprint density at radius 3 is 2.38 bits per heavy atom. The van der Waals surface area contributed by atoms with Crippen LogP contribution in [0.3, 0.4) is 0 Å². The lowest BCUT2D eigenvalue weighted by Crippen LogP contribution is -2.31. The molecule has 2 aromatic rings. The largest absolute Gasteiger partial charge is 0.322 e. The van der Waals surface area contributed by atoms with Crippen molar-refractivity contribution in [2.75, 3.05) is 18.4 Å². The number of hydrogen-bond acceptors (Lipinski definition) is 3. The summed E-state index contributed by atoms with van der Waals surface area (Å²) in [5.41, 5.74) is 1.07. The van der Waals surface area contributed by atoms with Gasteiger partial charge in [-0.05, 0) is 71.5 Å². The summed E-state index contributed by atoms with van der Waals surface area (Å²) in [6, 6.07) is 8.69. The topological polar surface area (TPSA) is 66.5 Å². The predicted molar refractivity (Wildman–Crippen MR) is 108 cm³/mol. The van der Waals surface area contributed by atoms with E-state index in [4.69, 9.17) is 0 Å². The normalized spacial score (nSPS) is 11.6. The number of halogens is 2. The molecule has 1 N–H and O–H groups in total. The molecule has 0 saturated carbocycles. The van der Waals surface area contributed by atoms with E-state index < -0.39 is 21.7 Å². The summed E-state index contributed by atoms with van der Waals surface area (Å²) in [5, 5.41) is 2.64. The molecule has 5 nitrogen and oxygen atoms in total. The Labute approximate surface area is 166 Å². The fourth-order valence-corrected chi connectivity index (χ4v) is 4.64. The number of benzene rings is 2. The minimum atomic E-state index is -3.77. The highest BCUT2D eigenvalue weighted by Crippen LogP contribution is 2.22. The molecule has 0 aliphatic heterocycles. The number of amides is 1. The van der Waals surface area contributed by atoms with Crippen LogP contribution < -0.4 is 5.32 Å². The molecule has 0 unspecified atom stereocenters. The highest BCUT2D eigenvalue weighted by atomic mass is 127.